The van der Waals surface area contributed by atoms with Crippen LogP contribution in [0.1, 0.15) is 10.4 Å². The molecule has 0 aliphatic heterocycles. The molecule has 0 N–H and O–H groups in total. The molecule has 0 atom stereocenters. The zero-order valence-corrected chi connectivity index (χ0v) is 12.6. The van der Waals surface area contributed by atoms with Crippen LogP contribution >= 0.6 is 0 Å². The molecule has 116 valence electrons. The molecule has 0 spiro atoms. The molecule has 6 nitrogen and oxygen atoms in total. The van der Waals surface area contributed by atoms with Gasteiger partial charge in [0.25, 0.3) is 0 Å². The van der Waals surface area contributed by atoms with Gasteiger partial charge in [0.05, 0.1) is 25.9 Å². The first-order chi connectivity index (χ1) is 11.2. The SMILES string of the molecule is COC(=O)c1c(OC)ccc2nc(Oc3ccccc3)cnc12. The van der Waals surface area contributed by atoms with Crippen molar-refractivity contribution in [1.82, 2.24) is 9.97 Å². The Kier molecular flexibility index (Phi) is 4.05. The molecular formula is C17H14N2O4. The number of esters is 1. The highest BCUT2D eigenvalue weighted by Gasteiger charge is 2.19. The fourth-order valence-corrected chi connectivity index (χ4v) is 2.18. The van der Waals surface area contributed by atoms with Gasteiger partial charge in [0.15, 0.2) is 0 Å². The summed E-state index contributed by atoms with van der Waals surface area (Å²) in [5, 5.41) is 0. The fraction of sp³-hybridized carbons (Fsp3) is 0.118. The first-order valence-corrected chi connectivity index (χ1v) is 6.88. The molecule has 0 aliphatic rings. The number of para-hydroxylation sites is 1. The Balaban J connectivity index is 2.06. The van der Waals surface area contributed by atoms with Crippen molar-refractivity contribution in [3.63, 3.8) is 0 Å². The van der Waals surface area contributed by atoms with Crippen molar-refractivity contribution in [3.8, 4) is 17.4 Å². The van der Waals surface area contributed by atoms with E-state index in [0.717, 1.165) is 0 Å². The van der Waals surface area contributed by atoms with E-state index in [4.69, 9.17) is 14.2 Å². The molecule has 0 bridgehead atoms. The number of nitrogens with zero attached hydrogens (tertiary/aromatic N) is 2. The first kappa shape index (κ1) is 14.8. The third kappa shape index (κ3) is 2.91. The molecule has 1 heterocycles. The molecular weight excluding hydrogens is 296 g/mol. The number of rotatable bonds is 4. The molecule has 1 aromatic heterocycles. The summed E-state index contributed by atoms with van der Waals surface area (Å²) >= 11 is 0. The second-order valence-electron chi connectivity index (χ2n) is 4.63. The molecule has 0 saturated heterocycles. The van der Waals surface area contributed by atoms with Gasteiger partial charge in [0.2, 0.25) is 5.88 Å². The van der Waals surface area contributed by atoms with Gasteiger partial charge in [-0.2, -0.15) is 0 Å². The highest BCUT2D eigenvalue weighted by atomic mass is 16.5. The average molecular weight is 310 g/mol. The lowest BCUT2D eigenvalue weighted by molar-refractivity contribution is 0.0599. The van der Waals surface area contributed by atoms with Crippen LogP contribution in [0.2, 0.25) is 0 Å². The summed E-state index contributed by atoms with van der Waals surface area (Å²) in [6, 6.07) is 12.6. The van der Waals surface area contributed by atoms with Crippen LogP contribution in [0.3, 0.4) is 0 Å². The quantitative estimate of drug-likeness (QED) is 0.689. The first-order valence-electron chi connectivity index (χ1n) is 6.88. The Morgan fingerprint density at radius 1 is 1.04 bits per heavy atom. The van der Waals surface area contributed by atoms with Gasteiger partial charge in [-0.25, -0.2) is 14.8 Å². The third-order valence-electron chi connectivity index (χ3n) is 3.23. The van der Waals surface area contributed by atoms with E-state index in [0.29, 0.717) is 28.4 Å². The maximum absolute atomic E-state index is 12.0. The number of fused-ring (bicyclic) bond motifs is 1. The van der Waals surface area contributed by atoms with Gasteiger partial charge in [-0.1, -0.05) is 18.2 Å². The molecule has 23 heavy (non-hydrogen) atoms. The van der Waals surface area contributed by atoms with E-state index >= 15 is 0 Å². The lowest BCUT2D eigenvalue weighted by Crippen LogP contribution is -2.06. The third-order valence-corrected chi connectivity index (χ3v) is 3.23. The normalized spacial score (nSPS) is 10.3. The lowest BCUT2D eigenvalue weighted by atomic mass is 10.1. The summed E-state index contributed by atoms with van der Waals surface area (Å²) in [6.45, 7) is 0. The van der Waals surface area contributed by atoms with Crippen LogP contribution in [0.4, 0.5) is 0 Å². The summed E-state index contributed by atoms with van der Waals surface area (Å²) in [5.41, 5.74) is 1.16. The van der Waals surface area contributed by atoms with E-state index in [1.165, 1.54) is 20.4 Å². The second kappa shape index (κ2) is 6.31. The number of methoxy groups -OCH3 is 2. The number of aromatic nitrogens is 2. The number of hydrogen-bond donors (Lipinski definition) is 0. The van der Waals surface area contributed by atoms with Crippen molar-refractivity contribution < 1.29 is 19.0 Å². The van der Waals surface area contributed by atoms with Gasteiger partial charge in [-0.3, -0.25) is 0 Å². The van der Waals surface area contributed by atoms with Gasteiger partial charge in [0.1, 0.15) is 22.6 Å². The Hall–Kier alpha value is -3.15. The highest BCUT2D eigenvalue weighted by molar-refractivity contribution is 6.04. The van der Waals surface area contributed by atoms with Crippen LogP contribution in [0.15, 0.2) is 48.7 Å². The Morgan fingerprint density at radius 3 is 2.52 bits per heavy atom. The Labute approximate surface area is 132 Å². The van der Waals surface area contributed by atoms with Crippen molar-refractivity contribution in [2.45, 2.75) is 0 Å². The van der Waals surface area contributed by atoms with E-state index < -0.39 is 5.97 Å². The predicted molar refractivity (Wildman–Crippen MR) is 83.9 cm³/mol. The minimum Gasteiger partial charge on any atom is -0.496 e. The molecule has 0 aliphatic carbocycles. The number of carbonyl (C=O) groups is 1. The van der Waals surface area contributed by atoms with Crippen molar-refractivity contribution in [2.75, 3.05) is 14.2 Å². The molecule has 2 aromatic carbocycles. The summed E-state index contributed by atoms with van der Waals surface area (Å²) in [7, 11) is 2.79. The largest absolute Gasteiger partial charge is 0.496 e. The molecule has 6 heteroatoms. The smallest absolute Gasteiger partial charge is 0.343 e. The Bertz CT molecular complexity index is 850. The molecule has 0 fully saturated rings. The fourth-order valence-electron chi connectivity index (χ4n) is 2.18. The minimum absolute atomic E-state index is 0.242. The van der Waals surface area contributed by atoms with Gasteiger partial charge >= 0.3 is 5.97 Å². The highest BCUT2D eigenvalue weighted by Crippen LogP contribution is 2.28. The van der Waals surface area contributed by atoms with Crippen LogP contribution in [-0.2, 0) is 4.74 Å². The van der Waals surface area contributed by atoms with Crippen molar-refractivity contribution >= 4 is 17.0 Å². The van der Waals surface area contributed by atoms with Crippen molar-refractivity contribution in [1.29, 1.82) is 0 Å². The predicted octanol–water partition coefficient (Wildman–Crippen LogP) is 3.22. The molecule has 0 radical (unpaired) electrons. The van der Waals surface area contributed by atoms with Crippen LogP contribution in [0.5, 0.6) is 17.4 Å². The Morgan fingerprint density at radius 2 is 1.83 bits per heavy atom. The number of hydrogen-bond acceptors (Lipinski definition) is 6. The van der Waals surface area contributed by atoms with E-state index in [2.05, 4.69) is 9.97 Å². The minimum atomic E-state index is -0.529. The van der Waals surface area contributed by atoms with Crippen LogP contribution in [0, 0.1) is 0 Å². The number of carbonyl (C=O) groups excluding carboxylic acids is 1. The zero-order chi connectivity index (χ0) is 16.2. The van der Waals surface area contributed by atoms with Gasteiger partial charge in [-0.15, -0.1) is 0 Å². The van der Waals surface area contributed by atoms with E-state index in [1.807, 2.05) is 30.3 Å². The van der Waals surface area contributed by atoms with Crippen LogP contribution in [0.25, 0.3) is 11.0 Å². The van der Waals surface area contributed by atoms with Crippen LogP contribution in [-0.4, -0.2) is 30.2 Å². The summed E-state index contributed by atoms with van der Waals surface area (Å²) in [4.78, 5) is 20.6. The number of ether oxygens (including phenoxy) is 3. The second-order valence-corrected chi connectivity index (χ2v) is 4.63. The van der Waals surface area contributed by atoms with E-state index in [-0.39, 0.29) is 5.56 Å². The summed E-state index contributed by atoms with van der Waals surface area (Å²) < 4.78 is 15.6. The maximum atomic E-state index is 12.0. The zero-order valence-electron chi connectivity index (χ0n) is 12.6. The molecule has 3 aromatic rings. The topological polar surface area (TPSA) is 70.5 Å². The molecule has 0 saturated carbocycles. The monoisotopic (exact) mass is 310 g/mol. The van der Waals surface area contributed by atoms with Gasteiger partial charge in [-0.05, 0) is 24.3 Å². The van der Waals surface area contributed by atoms with Gasteiger partial charge in [0, 0.05) is 0 Å². The lowest BCUT2D eigenvalue weighted by Gasteiger charge is -2.10. The average Bonchev–Trinajstić information content (AvgIpc) is 2.60. The summed E-state index contributed by atoms with van der Waals surface area (Å²) in [6.07, 6.45) is 1.46. The number of benzene rings is 2. The van der Waals surface area contributed by atoms with Crippen molar-refractivity contribution in [3.05, 3.63) is 54.2 Å². The van der Waals surface area contributed by atoms with E-state index in [1.54, 1.807) is 12.1 Å². The maximum Gasteiger partial charge on any atom is 0.343 e. The molecule has 0 unspecified atom stereocenters. The summed E-state index contributed by atoms with van der Waals surface area (Å²) in [5.74, 6) is 0.849. The van der Waals surface area contributed by atoms with Crippen LogP contribution < -0.4 is 9.47 Å². The van der Waals surface area contributed by atoms with E-state index in [9.17, 15) is 4.79 Å². The van der Waals surface area contributed by atoms with Gasteiger partial charge < -0.3 is 14.2 Å². The standard InChI is InChI=1S/C17H14N2O4/c1-21-13-9-8-12-16(15(13)17(20)22-2)18-10-14(19-12)23-11-6-4-3-5-7-11/h3-10H,1-2H3. The van der Waals surface area contributed by atoms with Crippen molar-refractivity contribution in [2.24, 2.45) is 0 Å². The molecule has 0 amide bonds. The molecule has 3 rings (SSSR count).